The van der Waals surface area contributed by atoms with Crippen molar-refractivity contribution in [3.8, 4) is 11.8 Å². The van der Waals surface area contributed by atoms with E-state index in [-0.39, 0.29) is 11.2 Å². The third-order valence-electron chi connectivity index (χ3n) is 2.75. The standard InChI is InChI=1S/C11H17NOS/c1-9-5-7-12(8-6-9)10(2)3-4-11(13)14/h9-10H,5-8H2,1-2H3,(H,13,14). The second-order valence-corrected chi connectivity index (χ2v) is 4.38. The molecule has 0 N–H and O–H groups in total. The molecule has 1 rings (SSSR count). The Balaban J connectivity index is 2.43. The third-order valence-corrected chi connectivity index (χ3v) is 2.87. The van der Waals surface area contributed by atoms with Crippen molar-refractivity contribution >= 4 is 17.7 Å². The molecule has 1 unspecified atom stereocenters. The van der Waals surface area contributed by atoms with Gasteiger partial charge in [-0.15, -0.1) is 0 Å². The van der Waals surface area contributed by atoms with Crippen molar-refractivity contribution in [1.82, 2.24) is 4.90 Å². The summed E-state index contributed by atoms with van der Waals surface area (Å²) in [4.78, 5) is 12.9. The van der Waals surface area contributed by atoms with Crippen LogP contribution in [0.5, 0.6) is 0 Å². The van der Waals surface area contributed by atoms with Crippen LogP contribution in [0.2, 0.25) is 0 Å². The molecule has 3 heteroatoms. The second-order valence-electron chi connectivity index (χ2n) is 3.97. The average molecular weight is 211 g/mol. The summed E-state index contributed by atoms with van der Waals surface area (Å²) in [7, 11) is 0. The molecule has 1 fully saturated rings. The van der Waals surface area contributed by atoms with Gasteiger partial charge in [0.2, 0.25) is 0 Å². The zero-order chi connectivity index (χ0) is 10.6. The third kappa shape index (κ3) is 3.73. The van der Waals surface area contributed by atoms with E-state index in [0.717, 1.165) is 19.0 Å². The molecule has 0 amide bonds. The number of hydrogen-bond acceptors (Lipinski definition) is 2. The van der Waals surface area contributed by atoms with Crippen molar-refractivity contribution in [2.24, 2.45) is 5.92 Å². The second kappa shape index (κ2) is 5.43. The molecule has 0 aliphatic carbocycles. The van der Waals surface area contributed by atoms with Gasteiger partial charge in [-0.05, 0) is 44.7 Å². The van der Waals surface area contributed by atoms with E-state index in [2.05, 4.69) is 36.3 Å². The number of rotatable bonds is 1. The molecular formula is C11H17NOS. The number of piperidine rings is 1. The Morgan fingerprint density at radius 2 is 2.07 bits per heavy atom. The maximum atomic E-state index is 10.6. The van der Waals surface area contributed by atoms with Gasteiger partial charge in [0, 0.05) is 0 Å². The van der Waals surface area contributed by atoms with Crippen molar-refractivity contribution in [2.45, 2.75) is 32.7 Å². The topological polar surface area (TPSA) is 20.3 Å². The first-order valence-electron chi connectivity index (χ1n) is 5.08. The Morgan fingerprint density at radius 3 is 2.57 bits per heavy atom. The summed E-state index contributed by atoms with van der Waals surface area (Å²) in [6.45, 7) is 6.51. The summed E-state index contributed by atoms with van der Waals surface area (Å²) in [6, 6.07) is 0.179. The zero-order valence-corrected chi connectivity index (χ0v) is 9.68. The summed E-state index contributed by atoms with van der Waals surface area (Å²) in [5.41, 5.74) is 0. The molecule has 0 aromatic carbocycles. The molecule has 0 saturated carbocycles. The number of carbonyl (C=O) groups excluding carboxylic acids is 1. The van der Waals surface area contributed by atoms with Crippen molar-refractivity contribution in [2.75, 3.05) is 13.1 Å². The van der Waals surface area contributed by atoms with Crippen LogP contribution in [0.25, 0.3) is 0 Å². The molecule has 1 heterocycles. The number of likely N-dealkylation sites (tertiary alicyclic amines) is 1. The highest BCUT2D eigenvalue weighted by atomic mass is 32.1. The van der Waals surface area contributed by atoms with E-state index >= 15 is 0 Å². The van der Waals surface area contributed by atoms with Gasteiger partial charge in [0.1, 0.15) is 0 Å². The lowest BCUT2D eigenvalue weighted by molar-refractivity contribution is -0.106. The lowest BCUT2D eigenvalue weighted by atomic mass is 9.98. The van der Waals surface area contributed by atoms with Gasteiger partial charge in [0.25, 0.3) is 5.12 Å². The smallest absolute Gasteiger partial charge is 0.259 e. The first-order valence-corrected chi connectivity index (χ1v) is 5.53. The zero-order valence-electron chi connectivity index (χ0n) is 8.79. The SMILES string of the molecule is CC1CCN(C(C)C#CC(=O)S)CC1. The first-order chi connectivity index (χ1) is 6.59. The van der Waals surface area contributed by atoms with Crippen molar-refractivity contribution in [1.29, 1.82) is 0 Å². The molecule has 1 atom stereocenters. The molecule has 1 saturated heterocycles. The van der Waals surface area contributed by atoms with Crippen LogP contribution in [-0.2, 0) is 4.79 Å². The molecule has 1 aliphatic heterocycles. The Labute approximate surface area is 91.5 Å². The number of thiol groups is 1. The maximum Gasteiger partial charge on any atom is 0.259 e. The van der Waals surface area contributed by atoms with Crippen LogP contribution in [0, 0.1) is 17.8 Å². The number of hydrogen-bond donors (Lipinski definition) is 1. The lowest BCUT2D eigenvalue weighted by Crippen LogP contribution is -2.38. The van der Waals surface area contributed by atoms with E-state index in [1.165, 1.54) is 12.8 Å². The highest BCUT2D eigenvalue weighted by molar-refractivity contribution is 7.97. The van der Waals surface area contributed by atoms with Gasteiger partial charge >= 0.3 is 0 Å². The summed E-state index contributed by atoms with van der Waals surface area (Å²) in [5.74, 6) is 6.24. The van der Waals surface area contributed by atoms with Crippen LogP contribution in [0.15, 0.2) is 0 Å². The normalized spacial score (nSPS) is 21.1. The van der Waals surface area contributed by atoms with Crippen LogP contribution in [0.1, 0.15) is 26.7 Å². The molecule has 1 aliphatic rings. The molecule has 0 aromatic heterocycles. The molecule has 0 radical (unpaired) electrons. The fraction of sp³-hybridized carbons (Fsp3) is 0.727. The largest absolute Gasteiger partial charge is 0.290 e. The lowest BCUT2D eigenvalue weighted by Gasteiger charge is -2.32. The first kappa shape index (κ1) is 11.6. The minimum absolute atomic E-state index is 0.179. The van der Waals surface area contributed by atoms with E-state index in [1.807, 2.05) is 6.92 Å². The Kier molecular flexibility index (Phi) is 4.50. The predicted octanol–water partition coefficient (Wildman–Crippen LogP) is 1.57. The molecule has 2 nitrogen and oxygen atoms in total. The van der Waals surface area contributed by atoms with E-state index < -0.39 is 0 Å². The minimum Gasteiger partial charge on any atom is -0.290 e. The monoisotopic (exact) mass is 211 g/mol. The van der Waals surface area contributed by atoms with Crippen molar-refractivity contribution in [3.63, 3.8) is 0 Å². The van der Waals surface area contributed by atoms with Gasteiger partial charge in [-0.1, -0.05) is 25.5 Å². The van der Waals surface area contributed by atoms with Gasteiger partial charge in [0.05, 0.1) is 6.04 Å². The molecule has 0 bridgehead atoms. The summed E-state index contributed by atoms with van der Waals surface area (Å²) < 4.78 is 0. The predicted molar refractivity (Wildman–Crippen MR) is 61.2 cm³/mol. The molecular weight excluding hydrogens is 194 g/mol. The molecule has 14 heavy (non-hydrogen) atoms. The molecule has 78 valence electrons. The molecule has 0 aromatic rings. The van der Waals surface area contributed by atoms with Crippen LogP contribution in [-0.4, -0.2) is 29.1 Å². The quantitative estimate of drug-likeness (QED) is 0.525. The molecule has 0 spiro atoms. The van der Waals surface area contributed by atoms with E-state index in [1.54, 1.807) is 0 Å². The van der Waals surface area contributed by atoms with Crippen LogP contribution in [0.3, 0.4) is 0 Å². The summed E-state index contributed by atoms with van der Waals surface area (Å²) in [5, 5.41) is -0.345. The number of carbonyl (C=O) groups is 1. The average Bonchev–Trinajstić information content (AvgIpc) is 2.15. The van der Waals surface area contributed by atoms with Crippen molar-refractivity contribution in [3.05, 3.63) is 0 Å². The van der Waals surface area contributed by atoms with E-state index in [9.17, 15) is 4.79 Å². The Morgan fingerprint density at radius 1 is 1.50 bits per heavy atom. The fourth-order valence-electron chi connectivity index (χ4n) is 1.67. The van der Waals surface area contributed by atoms with Gasteiger partial charge in [-0.25, -0.2) is 0 Å². The van der Waals surface area contributed by atoms with Crippen LogP contribution >= 0.6 is 12.6 Å². The van der Waals surface area contributed by atoms with Gasteiger partial charge in [-0.2, -0.15) is 0 Å². The summed E-state index contributed by atoms with van der Waals surface area (Å²) in [6.07, 6.45) is 2.47. The maximum absolute atomic E-state index is 10.6. The number of nitrogens with zero attached hydrogens (tertiary/aromatic N) is 1. The minimum atomic E-state index is -0.345. The van der Waals surface area contributed by atoms with Crippen LogP contribution < -0.4 is 0 Å². The van der Waals surface area contributed by atoms with Gasteiger partial charge < -0.3 is 0 Å². The Bertz CT molecular complexity index is 258. The Hall–Kier alpha value is -0.460. The van der Waals surface area contributed by atoms with E-state index in [4.69, 9.17) is 0 Å². The van der Waals surface area contributed by atoms with Gasteiger partial charge in [-0.3, -0.25) is 9.69 Å². The highest BCUT2D eigenvalue weighted by Crippen LogP contribution is 2.17. The summed E-state index contributed by atoms with van der Waals surface area (Å²) >= 11 is 3.62. The van der Waals surface area contributed by atoms with Crippen LogP contribution in [0.4, 0.5) is 0 Å². The fourth-order valence-corrected chi connectivity index (χ4v) is 1.74. The van der Waals surface area contributed by atoms with Crippen molar-refractivity contribution < 1.29 is 4.79 Å². The van der Waals surface area contributed by atoms with Gasteiger partial charge in [0.15, 0.2) is 0 Å². The highest BCUT2D eigenvalue weighted by Gasteiger charge is 2.18. The van der Waals surface area contributed by atoms with E-state index in [0.29, 0.717) is 0 Å².